The molecule has 1 unspecified atom stereocenters. The van der Waals surface area contributed by atoms with Gasteiger partial charge in [-0.3, -0.25) is 25.2 Å². The first-order valence-corrected chi connectivity index (χ1v) is 6.55. The van der Waals surface area contributed by atoms with E-state index in [2.05, 4.69) is 10.9 Å². The molecule has 2 amide bonds. The number of phenolic OH excluding ortho intramolecular Hbond substituents is 1. The van der Waals surface area contributed by atoms with E-state index in [1.807, 2.05) is 0 Å². The Bertz CT molecular complexity index is 513. The second kappa shape index (κ2) is 7.88. The number of hydrogen-bond donors (Lipinski definition) is 4. The Balaban J connectivity index is 2.37. The molecule has 0 heterocycles. The van der Waals surface area contributed by atoms with Gasteiger partial charge in [-0.25, -0.2) is 0 Å². The minimum absolute atomic E-state index is 0.0145. The van der Waals surface area contributed by atoms with Gasteiger partial charge in [0.05, 0.1) is 5.92 Å². The van der Waals surface area contributed by atoms with Gasteiger partial charge < -0.3 is 10.2 Å². The normalized spacial score (nSPS) is 11.5. The molecule has 0 aliphatic rings. The highest BCUT2D eigenvalue weighted by atomic mass is 16.4. The summed E-state index contributed by atoms with van der Waals surface area (Å²) in [6.45, 7) is 1.74. The zero-order chi connectivity index (χ0) is 15.8. The molecule has 1 atom stereocenters. The number of carbonyl (C=O) groups excluding carboxylic acids is 2. The van der Waals surface area contributed by atoms with Crippen molar-refractivity contribution in [2.45, 2.75) is 26.2 Å². The zero-order valence-electron chi connectivity index (χ0n) is 11.6. The maximum absolute atomic E-state index is 11.7. The number of nitrogens with one attached hydrogen (secondary N) is 2. The van der Waals surface area contributed by atoms with E-state index in [4.69, 9.17) is 10.2 Å². The number of carbonyl (C=O) groups is 3. The largest absolute Gasteiger partial charge is 0.508 e. The minimum Gasteiger partial charge on any atom is -0.508 e. The van der Waals surface area contributed by atoms with Crippen LogP contribution in [-0.4, -0.2) is 28.0 Å². The van der Waals surface area contributed by atoms with Crippen molar-refractivity contribution in [2.24, 2.45) is 5.92 Å². The van der Waals surface area contributed by atoms with E-state index < -0.39 is 23.7 Å². The van der Waals surface area contributed by atoms with E-state index in [0.29, 0.717) is 6.42 Å². The van der Waals surface area contributed by atoms with Gasteiger partial charge in [-0.15, -0.1) is 0 Å². The number of rotatable bonds is 6. The van der Waals surface area contributed by atoms with Gasteiger partial charge in [0.15, 0.2) is 0 Å². The number of phenols is 1. The molecule has 4 N–H and O–H groups in total. The first kappa shape index (κ1) is 16.5. The van der Waals surface area contributed by atoms with Gasteiger partial charge in [0, 0.05) is 12.0 Å². The van der Waals surface area contributed by atoms with Crippen molar-refractivity contribution in [3.63, 3.8) is 0 Å². The van der Waals surface area contributed by atoms with E-state index in [1.54, 1.807) is 6.92 Å². The fraction of sp³-hybridized carbons (Fsp3) is 0.357. The Hall–Kier alpha value is -2.57. The van der Waals surface area contributed by atoms with Crippen LogP contribution in [0.15, 0.2) is 24.3 Å². The minimum atomic E-state index is -0.932. The molecule has 1 rings (SSSR count). The van der Waals surface area contributed by atoms with Crippen molar-refractivity contribution in [3.8, 4) is 5.75 Å². The summed E-state index contributed by atoms with van der Waals surface area (Å²) >= 11 is 0. The molecule has 0 saturated heterocycles. The summed E-state index contributed by atoms with van der Waals surface area (Å²) in [5, 5.41) is 18.0. The Morgan fingerprint density at radius 3 is 2.29 bits per heavy atom. The summed E-state index contributed by atoms with van der Waals surface area (Å²) in [6, 6.07) is 5.54. The number of carboxylic acids is 1. The van der Waals surface area contributed by atoms with E-state index in [9.17, 15) is 14.4 Å². The molecule has 0 aliphatic heterocycles. The third-order valence-corrected chi connectivity index (χ3v) is 3.01. The smallest absolute Gasteiger partial charge is 0.306 e. The summed E-state index contributed by atoms with van der Waals surface area (Å²) in [6.07, 6.45) is 0.676. The predicted octanol–water partition coefficient (Wildman–Crippen LogP) is 1.04. The summed E-state index contributed by atoms with van der Waals surface area (Å²) < 4.78 is 0. The SMILES string of the molecule is CCC(CCC(=O)NNC(=O)c1ccc(O)cc1)C(=O)O. The van der Waals surface area contributed by atoms with Gasteiger partial charge in [0.2, 0.25) is 5.91 Å². The zero-order valence-corrected chi connectivity index (χ0v) is 11.6. The molecule has 114 valence electrons. The monoisotopic (exact) mass is 294 g/mol. The Morgan fingerprint density at radius 1 is 1.14 bits per heavy atom. The molecule has 1 aromatic rings. The van der Waals surface area contributed by atoms with Crippen molar-refractivity contribution >= 4 is 17.8 Å². The van der Waals surface area contributed by atoms with E-state index in [-0.39, 0.29) is 24.2 Å². The van der Waals surface area contributed by atoms with Crippen LogP contribution in [0.4, 0.5) is 0 Å². The fourth-order valence-electron chi connectivity index (χ4n) is 1.68. The molecule has 0 radical (unpaired) electrons. The van der Waals surface area contributed by atoms with E-state index >= 15 is 0 Å². The third kappa shape index (κ3) is 5.52. The summed E-state index contributed by atoms with van der Waals surface area (Å²) in [5.74, 6) is -2.44. The number of aliphatic carboxylic acids is 1. The lowest BCUT2D eigenvalue weighted by atomic mass is 10.0. The molecular formula is C14H18N2O5. The molecule has 21 heavy (non-hydrogen) atoms. The standard InChI is InChI=1S/C14H18N2O5/c1-2-9(14(20)21)5-8-12(18)15-16-13(19)10-3-6-11(17)7-4-10/h3-4,6-7,9,17H,2,5,8H2,1H3,(H,15,18)(H,16,19)(H,20,21). The topological polar surface area (TPSA) is 116 Å². The number of aromatic hydroxyl groups is 1. The van der Waals surface area contributed by atoms with E-state index in [0.717, 1.165) is 0 Å². The molecule has 0 spiro atoms. The fourth-order valence-corrected chi connectivity index (χ4v) is 1.68. The van der Waals surface area contributed by atoms with Gasteiger partial charge in [0.1, 0.15) is 5.75 Å². The van der Waals surface area contributed by atoms with Crippen molar-refractivity contribution < 1.29 is 24.6 Å². The van der Waals surface area contributed by atoms with Gasteiger partial charge in [0.25, 0.3) is 5.91 Å². The first-order chi connectivity index (χ1) is 9.93. The van der Waals surface area contributed by atoms with Crippen molar-refractivity contribution in [2.75, 3.05) is 0 Å². The average molecular weight is 294 g/mol. The number of hydrazine groups is 1. The lowest BCUT2D eigenvalue weighted by Crippen LogP contribution is -2.41. The van der Waals surface area contributed by atoms with Crippen LogP contribution in [0, 0.1) is 5.92 Å². The maximum Gasteiger partial charge on any atom is 0.306 e. The highest BCUT2D eigenvalue weighted by Gasteiger charge is 2.16. The van der Waals surface area contributed by atoms with E-state index in [1.165, 1.54) is 24.3 Å². The van der Waals surface area contributed by atoms with Gasteiger partial charge in [-0.1, -0.05) is 6.92 Å². The number of hydrogen-bond acceptors (Lipinski definition) is 4. The lowest BCUT2D eigenvalue weighted by molar-refractivity contribution is -0.142. The average Bonchev–Trinajstić information content (AvgIpc) is 2.45. The second-order valence-corrected chi connectivity index (χ2v) is 4.53. The van der Waals surface area contributed by atoms with Crippen molar-refractivity contribution in [3.05, 3.63) is 29.8 Å². The maximum atomic E-state index is 11.7. The van der Waals surface area contributed by atoms with Crippen molar-refractivity contribution in [1.82, 2.24) is 10.9 Å². The van der Waals surface area contributed by atoms with Crippen molar-refractivity contribution in [1.29, 1.82) is 0 Å². The van der Waals surface area contributed by atoms with Crippen LogP contribution in [0.25, 0.3) is 0 Å². The third-order valence-electron chi connectivity index (χ3n) is 3.01. The molecule has 7 nitrogen and oxygen atoms in total. The summed E-state index contributed by atoms with van der Waals surface area (Å²) in [5.41, 5.74) is 4.72. The highest BCUT2D eigenvalue weighted by Crippen LogP contribution is 2.11. The Kier molecular flexibility index (Phi) is 6.19. The van der Waals surface area contributed by atoms with Crippen LogP contribution in [-0.2, 0) is 9.59 Å². The quantitative estimate of drug-likeness (QED) is 0.585. The summed E-state index contributed by atoms with van der Waals surface area (Å²) in [7, 11) is 0. The molecule has 0 aliphatic carbocycles. The van der Waals surface area contributed by atoms with Crippen LogP contribution < -0.4 is 10.9 Å². The number of benzene rings is 1. The van der Waals surface area contributed by atoms with Gasteiger partial charge >= 0.3 is 5.97 Å². The number of carboxylic acid groups (broad SMARTS) is 1. The van der Waals surface area contributed by atoms with Crippen LogP contribution >= 0.6 is 0 Å². The lowest BCUT2D eigenvalue weighted by Gasteiger charge is -2.10. The van der Waals surface area contributed by atoms with Gasteiger partial charge in [-0.05, 0) is 37.1 Å². The predicted molar refractivity (Wildman–Crippen MR) is 74.4 cm³/mol. The van der Waals surface area contributed by atoms with Crippen LogP contribution in [0.1, 0.15) is 36.5 Å². The first-order valence-electron chi connectivity index (χ1n) is 6.55. The number of amides is 2. The Morgan fingerprint density at radius 2 is 1.76 bits per heavy atom. The molecule has 0 saturated carbocycles. The second-order valence-electron chi connectivity index (χ2n) is 4.53. The summed E-state index contributed by atoms with van der Waals surface area (Å²) in [4.78, 5) is 34.0. The molecule has 0 bridgehead atoms. The van der Waals surface area contributed by atoms with Crippen LogP contribution in [0.2, 0.25) is 0 Å². The molecular weight excluding hydrogens is 276 g/mol. The molecule has 7 heteroatoms. The highest BCUT2D eigenvalue weighted by molar-refractivity contribution is 5.95. The Labute approximate surface area is 121 Å². The molecule has 0 fully saturated rings. The van der Waals surface area contributed by atoms with Crippen LogP contribution in [0.5, 0.6) is 5.75 Å². The van der Waals surface area contributed by atoms with Gasteiger partial charge in [-0.2, -0.15) is 0 Å². The van der Waals surface area contributed by atoms with Crippen LogP contribution in [0.3, 0.4) is 0 Å². The molecule has 0 aromatic heterocycles. The molecule has 1 aromatic carbocycles.